The lowest BCUT2D eigenvalue weighted by atomic mass is 10.0. The average Bonchev–Trinajstić information content (AvgIpc) is 2.93. The standard InChI is InChI=1S/C16H20N2O3/c1-11(2)18-14(13(20-3)10-17-18)15(19)16(21-4)12-8-6-5-7-9-12/h5-11,16H,1-4H3. The van der Waals surface area contributed by atoms with Gasteiger partial charge in [-0.25, -0.2) is 0 Å². The number of benzene rings is 1. The Bertz CT molecular complexity index is 605. The highest BCUT2D eigenvalue weighted by atomic mass is 16.5. The van der Waals surface area contributed by atoms with Gasteiger partial charge in [0.25, 0.3) is 0 Å². The minimum Gasteiger partial charge on any atom is -0.493 e. The zero-order valence-electron chi connectivity index (χ0n) is 12.7. The third-order valence-corrected chi connectivity index (χ3v) is 3.28. The highest BCUT2D eigenvalue weighted by molar-refractivity contribution is 6.00. The summed E-state index contributed by atoms with van der Waals surface area (Å²) >= 11 is 0. The van der Waals surface area contributed by atoms with E-state index in [9.17, 15) is 4.79 Å². The third kappa shape index (κ3) is 2.97. The van der Waals surface area contributed by atoms with E-state index in [1.165, 1.54) is 14.2 Å². The Hall–Kier alpha value is -2.14. The largest absolute Gasteiger partial charge is 0.493 e. The van der Waals surface area contributed by atoms with Gasteiger partial charge in [0.15, 0.2) is 5.75 Å². The van der Waals surface area contributed by atoms with Crippen molar-refractivity contribution in [1.82, 2.24) is 9.78 Å². The van der Waals surface area contributed by atoms with Crippen molar-refractivity contribution in [3.8, 4) is 5.75 Å². The van der Waals surface area contributed by atoms with Crippen LogP contribution in [0, 0.1) is 0 Å². The Labute approximate surface area is 124 Å². The summed E-state index contributed by atoms with van der Waals surface area (Å²) in [6.45, 7) is 3.93. The van der Waals surface area contributed by atoms with Gasteiger partial charge >= 0.3 is 0 Å². The first-order valence-electron chi connectivity index (χ1n) is 6.83. The summed E-state index contributed by atoms with van der Waals surface area (Å²) in [7, 11) is 3.06. The molecule has 1 unspecified atom stereocenters. The number of carbonyl (C=O) groups excluding carboxylic acids is 1. The molecule has 2 aromatic rings. The van der Waals surface area contributed by atoms with Crippen LogP contribution in [0.25, 0.3) is 0 Å². The van der Waals surface area contributed by atoms with Gasteiger partial charge in [-0.1, -0.05) is 30.3 Å². The van der Waals surface area contributed by atoms with Gasteiger partial charge in [0, 0.05) is 13.2 Å². The fourth-order valence-corrected chi connectivity index (χ4v) is 2.27. The molecule has 0 saturated heterocycles. The Balaban J connectivity index is 2.45. The van der Waals surface area contributed by atoms with Crippen LogP contribution in [-0.2, 0) is 4.74 Å². The smallest absolute Gasteiger partial charge is 0.217 e. The molecular formula is C16H20N2O3. The fraction of sp³-hybridized carbons (Fsp3) is 0.375. The normalized spacial score (nSPS) is 12.4. The molecule has 0 aliphatic heterocycles. The first-order valence-corrected chi connectivity index (χ1v) is 6.83. The minimum atomic E-state index is -0.672. The second-order valence-corrected chi connectivity index (χ2v) is 4.99. The van der Waals surface area contributed by atoms with Gasteiger partial charge < -0.3 is 9.47 Å². The molecule has 1 atom stereocenters. The van der Waals surface area contributed by atoms with E-state index < -0.39 is 6.10 Å². The number of Topliss-reactive ketones (excluding diaryl/α,β-unsaturated/α-hetero) is 1. The molecule has 112 valence electrons. The molecule has 0 amide bonds. The van der Waals surface area contributed by atoms with E-state index in [4.69, 9.17) is 9.47 Å². The molecule has 1 aromatic heterocycles. The maximum Gasteiger partial charge on any atom is 0.217 e. The van der Waals surface area contributed by atoms with Gasteiger partial charge in [0.1, 0.15) is 11.8 Å². The third-order valence-electron chi connectivity index (χ3n) is 3.28. The highest BCUT2D eigenvalue weighted by Gasteiger charge is 2.29. The molecule has 0 radical (unpaired) electrons. The number of ether oxygens (including phenoxy) is 2. The van der Waals surface area contributed by atoms with E-state index in [1.807, 2.05) is 44.2 Å². The number of rotatable bonds is 6. The molecule has 2 rings (SSSR count). The summed E-state index contributed by atoms with van der Waals surface area (Å²) in [5, 5.41) is 4.23. The number of aromatic nitrogens is 2. The number of carbonyl (C=O) groups is 1. The van der Waals surface area contributed by atoms with Crippen LogP contribution in [0.1, 0.15) is 42.0 Å². The van der Waals surface area contributed by atoms with E-state index >= 15 is 0 Å². The summed E-state index contributed by atoms with van der Waals surface area (Å²) in [5.74, 6) is 0.304. The number of ketones is 1. The van der Waals surface area contributed by atoms with Crippen LogP contribution in [-0.4, -0.2) is 29.8 Å². The first kappa shape index (κ1) is 15.3. The zero-order valence-corrected chi connectivity index (χ0v) is 12.7. The van der Waals surface area contributed by atoms with E-state index in [0.717, 1.165) is 5.56 Å². The highest BCUT2D eigenvalue weighted by Crippen LogP contribution is 2.28. The van der Waals surface area contributed by atoms with Crippen LogP contribution in [0.3, 0.4) is 0 Å². The summed E-state index contributed by atoms with van der Waals surface area (Å²) in [6.07, 6.45) is 0.889. The van der Waals surface area contributed by atoms with E-state index in [0.29, 0.717) is 11.4 Å². The monoisotopic (exact) mass is 288 g/mol. The maximum absolute atomic E-state index is 12.9. The average molecular weight is 288 g/mol. The van der Waals surface area contributed by atoms with Crippen molar-refractivity contribution < 1.29 is 14.3 Å². The van der Waals surface area contributed by atoms with Gasteiger partial charge in [-0.3, -0.25) is 9.48 Å². The Morgan fingerprint density at radius 3 is 2.38 bits per heavy atom. The summed E-state index contributed by atoms with van der Waals surface area (Å²) in [6, 6.07) is 9.46. The Morgan fingerprint density at radius 2 is 1.86 bits per heavy atom. The van der Waals surface area contributed by atoms with E-state index in [1.54, 1.807) is 10.9 Å². The number of hydrogen-bond acceptors (Lipinski definition) is 4. The number of nitrogens with zero attached hydrogens (tertiary/aromatic N) is 2. The molecule has 21 heavy (non-hydrogen) atoms. The lowest BCUT2D eigenvalue weighted by Crippen LogP contribution is -2.21. The van der Waals surface area contributed by atoms with E-state index in [-0.39, 0.29) is 11.8 Å². The quantitative estimate of drug-likeness (QED) is 0.767. The fourth-order valence-electron chi connectivity index (χ4n) is 2.27. The van der Waals surface area contributed by atoms with Crippen molar-refractivity contribution in [2.45, 2.75) is 26.0 Å². The lowest BCUT2D eigenvalue weighted by Gasteiger charge is -2.17. The van der Waals surface area contributed by atoms with Gasteiger partial charge in [-0.15, -0.1) is 0 Å². The molecule has 5 nitrogen and oxygen atoms in total. The Kier molecular flexibility index (Phi) is 4.75. The predicted octanol–water partition coefficient (Wildman–Crippen LogP) is 3.04. The SMILES string of the molecule is COc1cnn(C(C)C)c1C(=O)C(OC)c1ccccc1. The van der Waals surface area contributed by atoms with Crippen molar-refractivity contribution in [2.24, 2.45) is 0 Å². The molecule has 5 heteroatoms. The maximum atomic E-state index is 12.9. The minimum absolute atomic E-state index is 0.0566. The second-order valence-electron chi connectivity index (χ2n) is 4.99. The zero-order chi connectivity index (χ0) is 15.4. The summed E-state index contributed by atoms with van der Waals surface area (Å²) in [5.41, 5.74) is 1.24. The van der Waals surface area contributed by atoms with Crippen LogP contribution in [0.2, 0.25) is 0 Å². The van der Waals surface area contributed by atoms with Crippen molar-refractivity contribution in [2.75, 3.05) is 14.2 Å². The summed E-state index contributed by atoms with van der Waals surface area (Å²) in [4.78, 5) is 12.9. The van der Waals surface area contributed by atoms with Crippen molar-refractivity contribution in [3.05, 3.63) is 47.8 Å². The molecule has 1 heterocycles. The molecule has 0 spiro atoms. The predicted molar refractivity (Wildman–Crippen MR) is 79.7 cm³/mol. The van der Waals surface area contributed by atoms with Crippen molar-refractivity contribution in [3.63, 3.8) is 0 Å². The first-order chi connectivity index (χ1) is 10.1. The van der Waals surface area contributed by atoms with Gasteiger partial charge in [-0.2, -0.15) is 5.10 Å². The van der Waals surface area contributed by atoms with Crippen LogP contribution >= 0.6 is 0 Å². The molecule has 0 N–H and O–H groups in total. The van der Waals surface area contributed by atoms with Gasteiger partial charge in [0.2, 0.25) is 5.78 Å². The second kappa shape index (κ2) is 6.54. The van der Waals surface area contributed by atoms with Gasteiger partial charge in [0.05, 0.1) is 13.3 Å². The molecule has 0 saturated carbocycles. The molecule has 0 aliphatic carbocycles. The number of hydrogen-bond donors (Lipinski definition) is 0. The van der Waals surface area contributed by atoms with Crippen LogP contribution < -0.4 is 4.74 Å². The lowest BCUT2D eigenvalue weighted by molar-refractivity contribution is 0.0588. The molecular weight excluding hydrogens is 268 g/mol. The van der Waals surface area contributed by atoms with Gasteiger partial charge in [-0.05, 0) is 19.4 Å². The summed E-state index contributed by atoms with van der Waals surface area (Å²) < 4.78 is 12.3. The molecule has 1 aromatic carbocycles. The van der Waals surface area contributed by atoms with Crippen LogP contribution in [0.4, 0.5) is 0 Å². The Morgan fingerprint density at radius 1 is 1.19 bits per heavy atom. The molecule has 0 aliphatic rings. The molecule has 0 bridgehead atoms. The van der Waals surface area contributed by atoms with Crippen LogP contribution in [0.15, 0.2) is 36.5 Å². The van der Waals surface area contributed by atoms with Crippen LogP contribution in [0.5, 0.6) is 5.75 Å². The van der Waals surface area contributed by atoms with Crippen molar-refractivity contribution >= 4 is 5.78 Å². The van der Waals surface area contributed by atoms with Crippen molar-refractivity contribution in [1.29, 1.82) is 0 Å². The number of methoxy groups -OCH3 is 2. The molecule has 0 fully saturated rings. The van der Waals surface area contributed by atoms with E-state index in [2.05, 4.69) is 5.10 Å². The topological polar surface area (TPSA) is 53.4 Å².